The first-order valence-corrected chi connectivity index (χ1v) is 9.81. The standard InChI is InChI=1S/C20H21N3O5S/c1-5-28-14-9-7-6-8-13(14)22-17(24)12(3)23-10-21-18-15(19(23)25)11(2)16(29-18)20(26)27-4/h6-10,12H,5H2,1-4H3,(H,22,24)/t12-/m0/s1. The second kappa shape index (κ2) is 8.44. The summed E-state index contributed by atoms with van der Waals surface area (Å²) in [6, 6.07) is 6.25. The summed E-state index contributed by atoms with van der Waals surface area (Å²) in [5.41, 5.74) is 0.630. The number of rotatable bonds is 6. The highest BCUT2D eigenvalue weighted by atomic mass is 32.1. The van der Waals surface area contributed by atoms with Crippen molar-refractivity contribution in [3.05, 3.63) is 51.4 Å². The Balaban J connectivity index is 1.95. The number of ether oxygens (including phenoxy) is 2. The molecule has 0 saturated carbocycles. The highest BCUT2D eigenvalue weighted by molar-refractivity contribution is 7.20. The number of methoxy groups -OCH3 is 1. The topological polar surface area (TPSA) is 99.5 Å². The summed E-state index contributed by atoms with van der Waals surface area (Å²) in [5, 5.41) is 3.11. The molecule has 2 aromatic heterocycles. The number of benzene rings is 1. The van der Waals surface area contributed by atoms with E-state index < -0.39 is 12.0 Å². The number of hydrogen-bond acceptors (Lipinski definition) is 7. The van der Waals surface area contributed by atoms with E-state index in [1.54, 1.807) is 32.0 Å². The van der Waals surface area contributed by atoms with Crippen molar-refractivity contribution < 1.29 is 19.1 Å². The second-order valence-corrected chi connectivity index (χ2v) is 7.28. The number of thiophene rings is 1. The Labute approximate surface area is 171 Å². The van der Waals surface area contributed by atoms with Crippen molar-refractivity contribution >= 4 is 39.1 Å². The minimum absolute atomic E-state index is 0.312. The number of nitrogens with zero attached hydrogens (tertiary/aromatic N) is 2. The predicted molar refractivity (Wildman–Crippen MR) is 111 cm³/mol. The van der Waals surface area contributed by atoms with Crippen LogP contribution in [0.15, 0.2) is 35.4 Å². The van der Waals surface area contributed by atoms with Gasteiger partial charge in [0.1, 0.15) is 21.5 Å². The molecule has 3 rings (SSSR count). The van der Waals surface area contributed by atoms with Crippen LogP contribution in [-0.4, -0.2) is 35.1 Å². The molecule has 0 bridgehead atoms. The van der Waals surface area contributed by atoms with E-state index in [9.17, 15) is 14.4 Å². The molecule has 2 heterocycles. The van der Waals surface area contributed by atoms with Crippen LogP contribution in [0.1, 0.15) is 35.1 Å². The molecule has 152 valence electrons. The lowest BCUT2D eigenvalue weighted by molar-refractivity contribution is -0.118. The first-order valence-electron chi connectivity index (χ1n) is 9.00. The lowest BCUT2D eigenvalue weighted by Crippen LogP contribution is -2.32. The van der Waals surface area contributed by atoms with Crippen LogP contribution in [0, 0.1) is 6.92 Å². The van der Waals surface area contributed by atoms with Crippen LogP contribution in [0.5, 0.6) is 5.75 Å². The maximum atomic E-state index is 13.0. The molecule has 0 saturated heterocycles. The van der Waals surface area contributed by atoms with Gasteiger partial charge < -0.3 is 14.8 Å². The van der Waals surface area contributed by atoms with Crippen LogP contribution < -0.4 is 15.6 Å². The Morgan fingerprint density at radius 2 is 2.03 bits per heavy atom. The van der Waals surface area contributed by atoms with E-state index >= 15 is 0 Å². The fourth-order valence-electron chi connectivity index (χ4n) is 2.92. The average molecular weight is 415 g/mol. The number of nitrogens with one attached hydrogen (secondary N) is 1. The van der Waals surface area contributed by atoms with Gasteiger partial charge in [0.15, 0.2) is 0 Å². The fraction of sp³-hybridized carbons (Fsp3) is 0.300. The molecule has 1 atom stereocenters. The molecule has 1 N–H and O–H groups in total. The summed E-state index contributed by atoms with van der Waals surface area (Å²) < 4.78 is 11.5. The third-order valence-electron chi connectivity index (χ3n) is 4.49. The Kier molecular flexibility index (Phi) is 5.97. The number of hydrogen-bond donors (Lipinski definition) is 1. The number of para-hydroxylation sites is 2. The quantitative estimate of drug-likeness (QED) is 0.621. The molecule has 0 spiro atoms. The average Bonchev–Trinajstić information content (AvgIpc) is 3.06. The highest BCUT2D eigenvalue weighted by Gasteiger charge is 2.23. The molecule has 1 amide bonds. The van der Waals surface area contributed by atoms with Gasteiger partial charge in [-0.2, -0.15) is 0 Å². The number of anilines is 1. The summed E-state index contributed by atoms with van der Waals surface area (Å²) in [5.74, 6) is -0.357. The van der Waals surface area contributed by atoms with Crippen LogP contribution in [0.2, 0.25) is 0 Å². The number of esters is 1. The summed E-state index contributed by atoms with van der Waals surface area (Å²) in [6.07, 6.45) is 1.32. The number of aromatic nitrogens is 2. The van der Waals surface area contributed by atoms with E-state index in [0.29, 0.717) is 38.7 Å². The van der Waals surface area contributed by atoms with Crippen molar-refractivity contribution in [2.24, 2.45) is 0 Å². The van der Waals surface area contributed by atoms with Gasteiger partial charge in [-0.25, -0.2) is 9.78 Å². The Morgan fingerprint density at radius 1 is 1.31 bits per heavy atom. The molecule has 0 aliphatic rings. The van der Waals surface area contributed by atoms with Crippen molar-refractivity contribution in [1.29, 1.82) is 0 Å². The summed E-state index contributed by atoms with van der Waals surface area (Å²) in [7, 11) is 1.28. The van der Waals surface area contributed by atoms with E-state index in [2.05, 4.69) is 10.3 Å². The van der Waals surface area contributed by atoms with Crippen molar-refractivity contribution in [1.82, 2.24) is 9.55 Å². The summed E-state index contributed by atoms with van der Waals surface area (Å²) in [6.45, 7) is 5.59. The van der Waals surface area contributed by atoms with E-state index in [-0.39, 0.29) is 11.5 Å². The van der Waals surface area contributed by atoms with Gasteiger partial charge in [-0.05, 0) is 38.5 Å². The molecule has 29 heavy (non-hydrogen) atoms. The van der Waals surface area contributed by atoms with Crippen molar-refractivity contribution in [3.8, 4) is 5.75 Å². The van der Waals surface area contributed by atoms with Gasteiger partial charge in [0.05, 0.1) is 31.1 Å². The summed E-state index contributed by atoms with van der Waals surface area (Å²) >= 11 is 1.09. The molecule has 9 heteroatoms. The van der Waals surface area contributed by atoms with E-state index in [4.69, 9.17) is 9.47 Å². The Bertz CT molecular complexity index is 1130. The fourth-order valence-corrected chi connectivity index (χ4v) is 3.97. The zero-order valence-corrected chi connectivity index (χ0v) is 17.3. The molecule has 0 aliphatic heterocycles. The third kappa shape index (κ3) is 3.86. The van der Waals surface area contributed by atoms with E-state index in [1.807, 2.05) is 13.0 Å². The lowest BCUT2D eigenvalue weighted by atomic mass is 10.2. The number of carbonyl (C=O) groups excluding carboxylic acids is 2. The molecule has 8 nitrogen and oxygen atoms in total. The third-order valence-corrected chi connectivity index (χ3v) is 5.67. The van der Waals surface area contributed by atoms with Crippen LogP contribution in [0.3, 0.4) is 0 Å². The Hall–Kier alpha value is -3.20. The van der Waals surface area contributed by atoms with Gasteiger partial charge in [-0.3, -0.25) is 14.2 Å². The number of fused-ring (bicyclic) bond motifs is 1. The largest absolute Gasteiger partial charge is 0.492 e. The van der Waals surface area contributed by atoms with Gasteiger partial charge in [-0.1, -0.05) is 12.1 Å². The normalized spacial score (nSPS) is 11.9. The molecular formula is C20H21N3O5S. The van der Waals surface area contributed by atoms with Gasteiger partial charge >= 0.3 is 5.97 Å². The van der Waals surface area contributed by atoms with Crippen molar-refractivity contribution in [3.63, 3.8) is 0 Å². The monoisotopic (exact) mass is 415 g/mol. The smallest absolute Gasteiger partial charge is 0.348 e. The molecule has 1 aromatic carbocycles. The first-order chi connectivity index (χ1) is 13.9. The maximum absolute atomic E-state index is 13.0. The zero-order chi connectivity index (χ0) is 21.1. The minimum atomic E-state index is -0.824. The number of amides is 1. The molecule has 3 aromatic rings. The van der Waals surface area contributed by atoms with E-state index in [0.717, 1.165) is 11.3 Å². The number of aryl methyl sites for hydroxylation is 1. The van der Waals surface area contributed by atoms with Crippen LogP contribution in [0.25, 0.3) is 10.2 Å². The van der Waals surface area contributed by atoms with Crippen LogP contribution in [0.4, 0.5) is 5.69 Å². The maximum Gasteiger partial charge on any atom is 0.348 e. The molecule has 0 fully saturated rings. The van der Waals surface area contributed by atoms with Crippen molar-refractivity contribution in [2.75, 3.05) is 19.0 Å². The van der Waals surface area contributed by atoms with Gasteiger partial charge in [0, 0.05) is 0 Å². The summed E-state index contributed by atoms with van der Waals surface area (Å²) in [4.78, 5) is 42.7. The predicted octanol–water partition coefficient (Wildman–Crippen LogP) is 3.15. The van der Waals surface area contributed by atoms with Crippen LogP contribution >= 0.6 is 11.3 Å². The van der Waals surface area contributed by atoms with Gasteiger partial charge in [0.2, 0.25) is 5.91 Å². The zero-order valence-electron chi connectivity index (χ0n) is 16.5. The van der Waals surface area contributed by atoms with Crippen LogP contribution in [-0.2, 0) is 9.53 Å². The molecule has 0 unspecified atom stereocenters. The lowest BCUT2D eigenvalue weighted by Gasteiger charge is -2.16. The second-order valence-electron chi connectivity index (χ2n) is 6.28. The molecular weight excluding hydrogens is 394 g/mol. The number of carbonyl (C=O) groups is 2. The van der Waals surface area contributed by atoms with Gasteiger partial charge in [0.25, 0.3) is 5.56 Å². The van der Waals surface area contributed by atoms with E-state index in [1.165, 1.54) is 18.0 Å². The minimum Gasteiger partial charge on any atom is -0.492 e. The first kappa shape index (κ1) is 20.5. The molecule has 0 radical (unpaired) electrons. The molecule has 0 aliphatic carbocycles. The SMILES string of the molecule is CCOc1ccccc1NC(=O)[C@H](C)n1cnc2sc(C(=O)OC)c(C)c2c1=O. The highest BCUT2D eigenvalue weighted by Crippen LogP contribution is 2.28. The van der Waals surface area contributed by atoms with Crippen molar-refractivity contribution in [2.45, 2.75) is 26.8 Å². The Morgan fingerprint density at radius 3 is 2.72 bits per heavy atom. The van der Waals surface area contributed by atoms with Gasteiger partial charge in [-0.15, -0.1) is 11.3 Å².